The van der Waals surface area contributed by atoms with E-state index in [1.165, 1.54) is 25.7 Å². The lowest BCUT2D eigenvalue weighted by Gasteiger charge is -2.24. The van der Waals surface area contributed by atoms with Crippen molar-refractivity contribution in [2.75, 3.05) is 20.8 Å². The van der Waals surface area contributed by atoms with E-state index in [1.807, 2.05) is 7.11 Å². The predicted molar refractivity (Wildman–Crippen MR) is 53.8 cm³/mol. The smallest absolute Gasteiger partial charge is 0.0621 e. The van der Waals surface area contributed by atoms with E-state index in [0.717, 1.165) is 12.5 Å². The number of rotatable bonds is 3. The normalized spacial score (nSPS) is 35.8. The quantitative estimate of drug-likeness (QED) is 0.630. The van der Waals surface area contributed by atoms with Crippen molar-refractivity contribution < 1.29 is 9.47 Å². The molecule has 0 aromatic heterocycles. The minimum absolute atomic E-state index is 0.421. The van der Waals surface area contributed by atoms with Crippen LogP contribution in [0.15, 0.2) is 0 Å². The Labute approximate surface area is 81.6 Å². The molecule has 1 fully saturated rings. The third-order valence-electron chi connectivity index (χ3n) is 3.10. The van der Waals surface area contributed by atoms with Crippen LogP contribution in [0.2, 0.25) is 0 Å². The molecular weight excluding hydrogens is 164 g/mol. The Hall–Kier alpha value is -0.0800. The maximum atomic E-state index is 5.50. The summed E-state index contributed by atoms with van der Waals surface area (Å²) in [4.78, 5) is 0. The molecule has 0 radical (unpaired) electrons. The Morgan fingerprint density at radius 1 is 1.23 bits per heavy atom. The first kappa shape index (κ1) is 11.0. The van der Waals surface area contributed by atoms with Crippen molar-refractivity contribution in [1.82, 2.24) is 0 Å². The Bertz CT molecular complexity index is 136. The Kier molecular flexibility index (Phi) is 4.74. The molecule has 0 aliphatic heterocycles. The van der Waals surface area contributed by atoms with Crippen molar-refractivity contribution in [2.24, 2.45) is 11.8 Å². The van der Waals surface area contributed by atoms with Crippen molar-refractivity contribution in [3.05, 3.63) is 0 Å². The Morgan fingerprint density at radius 2 is 2.00 bits per heavy atom. The van der Waals surface area contributed by atoms with Crippen LogP contribution in [-0.4, -0.2) is 26.9 Å². The highest BCUT2D eigenvalue weighted by atomic mass is 16.5. The molecule has 0 saturated heterocycles. The fourth-order valence-corrected chi connectivity index (χ4v) is 2.39. The van der Waals surface area contributed by atoms with E-state index in [-0.39, 0.29) is 0 Å². The molecule has 1 saturated carbocycles. The van der Waals surface area contributed by atoms with Gasteiger partial charge in [-0.1, -0.05) is 19.8 Å². The van der Waals surface area contributed by atoms with Crippen LogP contribution in [0.1, 0.15) is 32.6 Å². The van der Waals surface area contributed by atoms with Gasteiger partial charge in [0, 0.05) is 20.1 Å². The zero-order chi connectivity index (χ0) is 9.68. The van der Waals surface area contributed by atoms with Crippen LogP contribution in [0.4, 0.5) is 0 Å². The molecule has 0 heterocycles. The molecule has 0 bridgehead atoms. The zero-order valence-electron chi connectivity index (χ0n) is 9.08. The largest absolute Gasteiger partial charge is 0.384 e. The summed E-state index contributed by atoms with van der Waals surface area (Å²) < 4.78 is 10.7. The summed E-state index contributed by atoms with van der Waals surface area (Å²) in [6.07, 6.45) is 5.53. The summed E-state index contributed by atoms with van der Waals surface area (Å²) in [5.74, 6) is 1.44. The molecule has 0 aromatic rings. The van der Waals surface area contributed by atoms with E-state index in [2.05, 4.69) is 6.92 Å². The molecule has 1 aliphatic rings. The molecule has 1 rings (SSSR count). The summed E-state index contributed by atoms with van der Waals surface area (Å²) in [6.45, 7) is 3.18. The van der Waals surface area contributed by atoms with Crippen LogP contribution in [0.3, 0.4) is 0 Å². The second-order valence-corrected chi connectivity index (χ2v) is 4.26. The molecule has 2 heteroatoms. The first-order valence-electron chi connectivity index (χ1n) is 5.29. The minimum Gasteiger partial charge on any atom is -0.384 e. The number of hydrogen-bond donors (Lipinski definition) is 0. The molecule has 0 spiro atoms. The van der Waals surface area contributed by atoms with Gasteiger partial charge in [0.05, 0.1) is 12.7 Å². The first-order chi connectivity index (χ1) is 6.27. The van der Waals surface area contributed by atoms with E-state index >= 15 is 0 Å². The van der Waals surface area contributed by atoms with Crippen LogP contribution < -0.4 is 0 Å². The van der Waals surface area contributed by atoms with Crippen molar-refractivity contribution in [1.29, 1.82) is 0 Å². The topological polar surface area (TPSA) is 18.5 Å². The summed E-state index contributed by atoms with van der Waals surface area (Å²) in [6, 6.07) is 0. The lowest BCUT2D eigenvalue weighted by Crippen LogP contribution is -2.26. The molecule has 1 aliphatic carbocycles. The van der Waals surface area contributed by atoms with Crippen LogP contribution >= 0.6 is 0 Å². The van der Waals surface area contributed by atoms with Crippen molar-refractivity contribution >= 4 is 0 Å². The average Bonchev–Trinajstić information content (AvgIpc) is 2.28. The number of hydrogen-bond acceptors (Lipinski definition) is 2. The molecule has 3 atom stereocenters. The van der Waals surface area contributed by atoms with Gasteiger partial charge >= 0.3 is 0 Å². The van der Waals surface area contributed by atoms with Crippen LogP contribution in [0, 0.1) is 11.8 Å². The number of methoxy groups -OCH3 is 2. The highest BCUT2D eigenvalue weighted by molar-refractivity contribution is 4.76. The minimum atomic E-state index is 0.421. The van der Waals surface area contributed by atoms with Gasteiger partial charge in [-0.15, -0.1) is 0 Å². The molecular formula is C11H22O2. The fraction of sp³-hybridized carbons (Fsp3) is 1.00. The van der Waals surface area contributed by atoms with E-state index in [4.69, 9.17) is 9.47 Å². The van der Waals surface area contributed by atoms with Crippen molar-refractivity contribution in [3.63, 3.8) is 0 Å². The van der Waals surface area contributed by atoms with Gasteiger partial charge in [0.25, 0.3) is 0 Å². The monoisotopic (exact) mass is 186 g/mol. The van der Waals surface area contributed by atoms with E-state index in [9.17, 15) is 0 Å². The summed E-state index contributed by atoms with van der Waals surface area (Å²) in [5.41, 5.74) is 0. The maximum absolute atomic E-state index is 5.50. The lowest BCUT2D eigenvalue weighted by atomic mass is 9.93. The summed E-state index contributed by atoms with van der Waals surface area (Å²) in [5, 5.41) is 0. The zero-order valence-corrected chi connectivity index (χ0v) is 9.08. The third-order valence-corrected chi connectivity index (χ3v) is 3.10. The highest BCUT2D eigenvalue weighted by Crippen LogP contribution is 2.29. The molecule has 1 unspecified atom stereocenters. The van der Waals surface area contributed by atoms with Crippen molar-refractivity contribution in [3.8, 4) is 0 Å². The standard InChI is InChI=1S/C11H22O2/c1-9-5-4-6-11(13-3)10(7-9)8-12-2/h9-11H,4-8H2,1-3H3/t9-,10+,11?/m0/s1. The van der Waals surface area contributed by atoms with E-state index in [0.29, 0.717) is 12.0 Å². The molecule has 0 aromatic carbocycles. The summed E-state index contributed by atoms with van der Waals surface area (Å²) >= 11 is 0. The fourth-order valence-electron chi connectivity index (χ4n) is 2.39. The maximum Gasteiger partial charge on any atom is 0.0621 e. The highest BCUT2D eigenvalue weighted by Gasteiger charge is 2.26. The molecule has 13 heavy (non-hydrogen) atoms. The first-order valence-corrected chi connectivity index (χ1v) is 5.29. The van der Waals surface area contributed by atoms with Gasteiger partial charge in [0.1, 0.15) is 0 Å². The van der Waals surface area contributed by atoms with Gasteiger partial charge in [-0.25, -0.2) is 0 Å². The van der Waals surface area contributed by atoms with Gasteiger partial charge in [0.2, 0.25) is 0 Å². The van der Waals surface area contributed by atoms with Crippen molar-refractivity contribution in [2.45, 2.75) is 38.7 Å². The predicted octanol–water partition coefficient (Wildman–Crippen LogP) is 2.47. The second-order valence-electron chi connectivity index (χ2n) is 4.26. The second kappa shape index (κ2) is 5.61. The van der Waals surface area contributed by atoms with E-state index < -0.39 is 0 Å². The van der Waals surface area contributed by atoms with Gasteiger partial charge < -0.3 is 9.47 Å². The molecule has 0 amide bonds. The van der Waals surface area contributed by atoms with Crippen LogP contribution in [0.5, 0.6) is 0 Å². The Balaban J connectivity index is 2.49. The van der Waals surface area contributed by atoms with Gasteiger partial charge in [-0.2, -0.15) is 0 Å². The van der Waals surface area contributed by atoms with Gasteiger partial charge in [0.15, 0.2) is 0 Å². The average molecular weight is 186 g/mol. The van der Waals surface area contributed by atoms with Crippen LogP contribution in [-0.2, 0) is 9.47 Å². The molecule has 0 N–H and O–H groups in total. The van der Waals surface area contributed by atoms with E-state index in [1.54, 1.807) is 7.11 Å². The third kappa shape index (κ3) is 3.28. The van der Waals surface area contributed by atoms with Crippen LogP contribution in [0.25, 0.3) is 0 Å². The number of ether oxygens (including phenoxy) is 2. The van der Waals surface area contributed by atoms with Gasteiger partial charge in [-0.05, 0) is 18.8 Å². The molecule has 2 nitrogen and oxygen atoms in total. The SMILES string of the molecule is COC[C@H]1C[C@@H](C)CCCC1OC. The Morgan fingerprint density at radius 3 is 2.62 bits per heavy atom. The molecule has 78 valence electrons. The van der Waals surface area contributed by atoms with Gasteiger partial charge in [-0.3, -0.25) is 0 Å². The summed E-state index contributed by atoms with van der Waals surface area (Å²) in [7, 11) is 3.60. The lowest BCUT2D eigenvalue weighted by molar-refractivity contribution is 0.00803.